The number of rotatable bonds is 8. The average molecular weight is 278 g/mol. The molecule has 0 saturated carbocycles. The third-order valence-electron chi connectivity index (χ3n) is 3.22. The van der Waals surface area contributed by atoms with Crippen molar-refractivity contribution >= 4 is 10.0 Å². The van der Waals surface area contributed by atoms with E-state index in [9.17, 15) is 8.42 Å². The Labute approximate surface area is 111 Å². The van der Waals surface area contributed by atoms with Crippen molar-refractivity contribution in [3.05, 3.63) is 0 Å². The predicted octanol–water partition coefficient (Wildman–Crippen LogP) is 0.817. The van der Waals surface area contributed by atoms with Crippen LogP contribution in [0.3, 0.4) is 0 Å². The zero-order valence-corrected chi connectivity index (χ0v) is 12.3. The summed E-state index contributed by atoms with van der Waals surface area (Å²) in [5.41, 5.74) is 0. The molecule has 1 heterocycles. The van der Waals surface area contributed by atoms with Crippen LogP contribution >= 0.6 is 0 Å². The van der Waals surface area contributed by atoms with E-state index in [1.807, 2.05) is 6.92 Å². The molecule has 1 N–H and O–H groups in total. The molecule has 0 amide bonds. The molecule has 0 aromatic rings. The second kappa shape index (κ2) is 8.09. The van der Waals surface area contributed by atoms with Crippen LogP contribution in [0.25, 0.3) is 0 Å². The van der Waals surface area contributed by atoms with Gasteiger partial charge in [0.1, 0.15) is 0 Å². The Balaban J connectivity index is 2.32. The maximum atomic E-state index is 12.0. The highest BCUT2D eigenvalue weighted by molar-refractivity contribution is 7.89. The molecule has 1 rings (SSSR count). The number of piperidine rings is 1. The van der Waals surface area contributed by atoms with Crippen LogP contribution < -0.4 is 5.32 Å². The van der Waals surface area contributed by atoms with Gasteiger partial charge in [-0.05, 0) is 32.7 Å². The predicted molar refractivity (Wildman–Crippen MR) is 73.2 cm³/mol. The third kappa shape index (κ3) is 5.22. The first-order valence-corrected chi connectivity index (χ1v) is 8.50. The fourth-order valence-corrected chi connectivity index (χ4v) is 3.48. The summed E-state index contributed by atoms with van der Waals surface area (Å²) >= 11 is 0. The molecule has 0 bridgehead atoms. The van der Waals surface area contributed by atoms with Crippen LogP contribution in [0.1, 0.15) is 33.1 Å². The summed E-state index contributed by atoms with van der Waals surface area (Å²) in [7, 11) is -3.12. The van der Waals surface area contributed by atoms with Crippen molar-refractivity contribution in [3.63, 3.8) is 0 Å². The van der Waals surface area contributed by atoms with Crippen molar-refractivity contribution in [3.8, 4) is 0 Å². The fourth-order valence-electron chi connectivity index (χ4n) is 2.12. The lowest BCUT2D eigenvalue weighted by Gasteiger charge is -2.31. The molecular weight excluding hydrogens is 252 g/mol. The van der Waals surface area contributed by atoms with Crippen LogP contribution in [-0.4, -0.2) is 57.4 Å². The maximum Gasteiger partial charge on any atom is 0.216 e. The molecule has 1 aliphatic rings. The van der Waals surface area contributed by atoms with E-state index in [2.05, 4.69) is 12.2 Å². The highest BCUT2D eigenvalue weighted by Crippen LogP contribution is 2.14. The van der Waals surface area contributed by atoms with E-state index in [0.29, 0.717) is 32.3 Å². The second-order valence-corrected chi connectivity index (χ2v) is 6.73. The molecule has 0 radical (unpaired) electrons. The molecule has 0 unspecified atom stereocenters. The Kier molecular flexibility index (Phi) is 7.14. The van der Waals surface area contributed by atoms with Crippen LogP contribution in [0.15, 0.2) is 0 Å². The minimum Gasteiger partial charge on any atom is -0.381 e. The first kappa shape index (κ1) is 15.9. The van der Waals surface area contributed by atoms with Crippen molar-refractivity contribution in [2.75, 3.05) is 38.6 Å². The number of hydrogen-bond donors (Lipinski definition) is 1. The highest BCUT2D eigenvalue weighted by Gasteiger charge is 2.27. The van der Waals surface area contributed by atoms with Gasteiger partial charge in [-0.3, -0.25) is 0 Å². The van der Waals surface area contributed by atoms with Gasteiger partial charge in [0, 0.05) is 25.7 Å². The molecule has 0 spiro atoms. The summed E-state index contributed by atoms with van der Waals surface area (Å²) in [5, 5.41) is 3.45. The topological polar surface area (TPSA) is 58.6 Å². The summed E-state index contributed by atoms with van der Waals surface area (Å²) in [6.07, 6.45) is 2.94. The summed E-state index contributed by atoms with van der Waals surface area (Å²) < 4.78 is 30.7. The van der Waals surface area contributed by atoms with E-state index in [1.54, 1.807) is 4.31 Å². The molecule has 0 atom stereocenters. The second-order valence-electron chi connectivity index (χ2n) is 4.64. The first-order valence-electron chi connectivity index (χ1n) is 6.89. The number of nitrogens with one attached hydrogen (secondary N) is 1. The van der Waals surface area contributed by atoms with Gasteiger partial charge in [0.15, 0.2) is 0 Å². The lowest BCUT2D eigenvalue weighted by atomic mass is 10.1. The van der Waals surface area contributed by atoms with E-state index >= 15 is 0 Å². The largest absolute Gasteiger partial charge is 0.381 e. The average Bonchev–Trinajstić information content (AvgIpc) is 2.37. The van der Waals surface area contributed by atoms with E-state index < -0.39 is 10.0 Å². The monoisotopic (exact) mass is 278 g/mol. The van der Waals surface area contributed by atoms with Crippen LogP contribution in [0.5, 0.6) is 0 Å². The van der Waals surface area contributed by atoms with Crippen molar-refractivity contribution in [1.82, 2.24) is 9.62 Å². The lowest BCUT2D eigenvalue weighted by molar-refractivity contribution is 0.162. The standard InChI is InChI=1S/C12H26N2O3S/c1-3-7-13-12-5-8-14(9-6-12)18(15,16)11-10-17-4-2/h12-13H,3-11H2,1-2H3. The van der Waals surface area contributed by atoms with Gasteiger partial charge in [0.25, 0.3) is 0 Å². The van der Waals surface area contributed by atoms with Gasteiger partial charge in [-0.15, -0.1) is 0 Å². The van der Waals surface area contributed by atoms with Gasteiger partial charge in [-0.2, -0.15) is 0 Å². The quantitative estimate of drug-likeness (QED) is 0.668. The van der Waals surface area contributed by atoms with Gasteiger partial charge in [0.05, 0.1) is 12.4 Å². The fraction of sp³-hybridized carbons (Fsp3) is 1.00. The number of sulfonamides is 1. The molecule has 108 valence electrons. The van der Waals surface area contributed by atoms with Gasteiger partial charge in [-0.1, -0.05) is 6.92 Å². The van der Waals surface area contributed by atoms with Gasteiger partial charge in [0.2, 0.25) is 10.0 Å². The summed E-state index contributed by atoms with van der Waals surface area (Å²) in [5.74, 6) is 0.105. The van der Waals surface area contributed by atoms with E-state index in [4.69, 9.17) is 4.74 Å². The van der Waals surface area contributed by atoms with Crippen molar-refractivity contribution in [1.29, 1.82) is 0 Å². The van der Waals surface area contributed by atoms with Crippen LogP contribution in [-0.2, 0) is 14.8 Å². The van der Waals surface area contributed by atoms with Crippen molar-refractivity contribution in [2.24, 2.45) is 0 Å². The van der Waals surface area contributed by atoms with Crippen LogP contribution in [0.4, 0.5) is 0 Å². The zero-order chi connectivity index (χ0) is 13.4. The summed E-state index contributed by atoms with van der Waals surface area (Å²) in [4.78, 5) is 0. The number of ether oxygens (including phenoxy) is 1. The molecule has 1 aliphatic heterocycles. The molecule has 5 nitrogen and oxygen atoms in total. The zero-order valence-electron chi connectivity index (χ0n) is 11.5. The normalized spacial score (nSPS) is 19.2. The smallest absolute Gasteiger partial charge is 0.216 e. The van der Waals surface area contributed by atoms with Crippen LogP contribution in [0, 0.1) is 0 Å². The van der Waals surface area contributed by atoms with E-state index in [0.717, 1.165) is 25.8 Å². The van der Waals surface area contributed by atoms with Crippen LogP contribution in [0.2, 0.25) is 0 Å². The Morgan fingerprint density at radius 3 is 2.50 bits per heavy atom. The van der Waals surface area contributed by atoms with Gasteiger partial charge in [-0.25, -0.2) is 12.7 Å². The van der Waals surface area contributed by atoms with E-state index in [1.165, 1.54) is 0 Å². The SMILES string of the molecule is CCCNC1CCN(S(=O)(=O)CCOCC)CC1. The molecule has 0 aromatic heterocycles. The molecule has 6 heteroatoms. The Hall–Kier alpha value is -0.170. The Morgan fingerprint density at radius 1 is 1.28 bits per heavy atom. The Morgan fingerprint density at radius 2 is 1.94 bits per heavy atom. The Bertz CT molecular complexity index is 311. The minimum absolute atomic E-state index is 0.105. The lowest BCUT2D eigenvalue weighted by Crippen LogP contribution is -2.46. The molecule has 0 aliphatic carbocycles. The molecule has 18 heavy (non-hydrogen) atoms. The molecule has 0 aromatic carbocycles. The summed E-state index contributed by atoms with van der Waals surface area (Å²) in [6.45, 7) is 7.16. The maximum absolute atomic E-state index is 12.0. The number of nitrogens with zero attached hydrogens (tertiary/aromatic N) is 1. The van der Waals surface area contributed by atoms with Crippen molar-refractivity contribution < 1.29 is 13.2 Å². The van der Waals surface area contributed by atoms with Gasteiger partial charge < -0.3 is 10.1 Å². The van der Waals surface area contributed by atoms with Gasteiger partial charge >= 0.3 is 0 Å². The molecule has 1 fully saturated rings. The minimum atomic E-state index is -3.12. The highest BCUT2D eigenvalue weighted by atomic mass is 32.2. The third-order valence-corrected chi connectivity index (χ3v) is 5.05. The molecular formula is C12H26N2O3S. The van der Waals surface area contributed by atoms with Crippen molar-refractivity contribution in [2.45, 2.75) is 39.2 Å². The number of hydrogen-bond acceptors (Lipinski definition) is 4. The first-order chi connectivity index (χ1) is 8.60. The van der Waals surface area contributed by atoms with E-state index in [-0.39, 0.29) is 5.75 Å². The molecule has 1 saturated heterocycles. The summed E-state index contributed by atoms with van der Waals surface area (Å²) in [6, 6.07) is 0.475.